The average Bonchev–Trinajstić information content (AvgIpc) is 2.43. The zero-order valence-corrected chi connectivity index (χ0v) is 10.8. The highest BCUT2D eigenvalue weighted by Gasteiger charge is 1.92. The lowest BCUT2D eigenvalue weighted by Crippen LogP contribution is -1.85. The Morgan fingerprint density at radius 1 is 0.700 bits per heavy atom. The Labute approximate surface area is 117 Å². The minimum atomic E-state index is 0. The molecule has 104 valence electrons. The van der Waals surface area contributed by atoms with Crippen LogP contribution in [-0.4, -0.2) is 17.6 Å². The molecule has 5 nitrogen and oxygen atoms in total. The third-order valence-electron chi connectivity index (χ3n) is 2.09. The number of hydrogen-bond acceptors (Lipinski definition) is 4. The van der Waals surface area contributed by atoms with Crippen molar-refractivity contribution in [3.8, 4) is 0 Å². The van der Waals surface area contributed by atoms with Crippen LogP contribution in [0.5, 0.6) is 0 Å². The van der Waals surface area contributed by atoms with Gasteiger partial charge < -0.3 is 5.48 Å². The van der Waals surface area contributed by atoms with Crippen LogP contribution in [0.25, 0.3) is 0 Å². The maximum atomic E-state index is 8.35. The van der Waals surface area contributed by atoms with Crippen LogP contribution < -0.4 is 0 Å². The zero-order valence-electron chi connectivity index (χ0n) is 10.8. The van der Waals surface area contributed by atoms with Crippen molar-refractivity contribution in [2.75, 3.05) is 0 Å². The van der Waals surface area contributed by atoms with Gasteiger partial charge in [-0.1, -0.05) is 60.7 Å². The van der Waals surface area contributed by atoms with Crippen molar-refractivity contribution in [3.05, 3.63) is 71.8 Å². The van der Waals surface area contributed by atoms with E-state index in [-0.39, 0.29) is 5.48 Å². The van der Waals surface area contributed by atoms with Gasteiger partial charge in [-0.2, -0.15) is 0 Å². The molecule has 4 N–H and O–H groups in total. The molecule has 0 saturated carbocycles. The van der Waals surface area contributed by atoms with Gasteiger partial charge >= 0.3 is 0 Å². The van der Waals surface area contributed by atoms with Crippen LogP contribution in [0.15, 0.2) is 60.7 Å². The van der Waals surface area contributed by atoms with Crippen molar-refractivity contribution in [1.82, 2.24) is 0 Å². The fourth-order valence-corrected chi connectivity index (χ4v) is 1.43. The molecule has 0 aliphatic heterocycles. The van der Waals surface area contributed by atoms with Crippen molar-refractivity contribution in [2.24, 2.45) is 0 Å². The van der Waals surface area contributed by atoms with Gasteiger partial charge in [0.25, 0.3) is 0 Å². The highest BCUT2D eigenvalue weighted by atomic mass is 16.1. The van der Waals surface area contributed by atoms with Crippen LogP contribution in [-0.2, 0) is 16.0 Å². The van der Waals surface area contributed by atoms with Gasteiger partial charge in [-0.25, -0.2) is 20.4 Å². The van der Waals surface area contributed by atoms with E-state index in [0.29, 0.717) is 0 Å². The summed E-state index contributed by atoms with van der Waals surface area (Å²) in [5, 5.41) is 10.8. The molecule has 0 bridgehead atoms. The molecule has 0 fully saturated rings. The summed E-state index contributed by atoms with van der Waals surface area (Å²) in [6.07, 6.45) is 2.53. The lowest BCUT2D eigenvalue weighted by molar-refractivity contribution is 0.562. The lowest BCUT2D eigenvalue weighted by Gasteiger charge is -2.00. The highest BCUT2D eigenvalue weighted by molar-refractivity contribution is 5.26. The number of nitrogens with one attached hydrogen (secondary N) is 2. The third-order valence-corrected chi connectivity index (χ3v) is 2.09. The van der Waals surface area contributed by atoms with Crippen LogP contribution in [0, 0.1) is 10.8 Å². The first kappa shape index (κ1) is 19.5. The first-order valence-electron chi connectivity index (χ1n) is 5.44. The molecule has 0 saturated heterocycles. The average molecular weight is 272 g/mol. The molecular formula is C15H16N2O3. The first-order chi connectivity index (χ1) is 9.28. The van der Waals surface area contributed by atoms with Crippen LogP contribution in [0.4, 0.5) is 0 Å². The molecule has 20 heavy (non-hydrogen) atoms. The van der Waals surface area contributed by atoms with Crippen molar-refractivity contribution in [2.45, 2.75) is 6.42 Å². The van der Waals surface area contributed by atoms with E-state index in [1.165, 1.54) is 11.1 Å². The van der Waals surface area contributed by atoms with E-state index in [1.807, 2.05) is 0 Å². The van der Waals surface area contributed by atoms with Crippen molar-refractivity contribution in [3.63, 3.8) is 0 Å². The molecular weight excluding hydrogens is 256 g/mol. The summed E-state index contributed by atoms with van der Waals surface area (Å²) in [7, 11) is 0. The standard InChI is InChI=1S/C13H12.2CHNO.H2O/c1-3-7-12(8-4-1)11-13-9-5-2-6-10-13;2*2-1-3;/h1-10H,11H2;2*2H;1H2. The van der Waals surface area contributed by atoms with Gasteiger partial charge in [0.2, 0.25) is 12.2 Å². The lowest BCUT2D eigenvalue weighted by atomic mass is 10.1. The van der Waals surface area contributed by atoms with Gasteiger partial charge in [0.05, 0.1) is 0 Å². The Morgan fingerprint density at radius 3 is 1.20 bits per heavy atom. The summed E-state index contributed by atoms with van der Waals surface area (Å²) in [5.41, 5.74) is 2.74. The number of benzene rings is 2. The van der Waals surface area contributed by atoms with Crippen LogP contribution in [0.3, 0.4) is 0 Å². The summed E-state index contributed by atoms with van der Waals surface area (Å²) in [6, 6.07) is 21.1. The predicted octanol–water partition coefficient (Wildman–Crippen LogP) is 2.25. The van der Waals surface area contributed by atoms with E-state index in [0.717, 1.165) is 18.6 Å². The first-order valence-corrected chi connectivity index (χ1v) is 5.44. The highest BCUT2D eigenvalue weighted by Crippen LogP contribution is 2.07. The Bertz CT molecular complexity index is 466. The zero-order chi connectivity index (χ0) is 14.3. The van der Waals surface area contributed by atoms with Crippen molar-refractivity contribution in [1.29, 1.82) is 10.8 Å². The second kappa shape index (κ2) is 14.2. The number of hydrogen-bond donors (Lipinski definition) is 2. The molecule has 0 atom stereocenters. The van der Waals surface area contributed by atoms with Crippen molar-refractivity contribution >= 4 is 12.2 Å². The predicted molar refractivity (Wildman–Crippen MR) is 76.1 cm³/mol. The van der Waals surface area contributed by atoms with E-state index in [1.54, 1.807) is 0 Å². The SMILES string of the molecule is N=C=O.N=C=O.O.c1ccc(Cc2ccccc2)cc1. The minimum Gasteiger partial charge on any atom is -0.412 e. The third kappa shape index (κ3) is 10.3. The molecule has 2 aromatic carbocycles. The minimum absolute atomic E-state index is 0. The van der Waals surface area contributed by atoms with Gasteiger partial charge in [0, 0.05) is 0 Å². The molecule has 0 amide bonds. The monoisotopic (exact) mass is 272 g/mol. The Morgan fingerprint density at radius 2 is 0.950 bits per heavy atom. The number of rotatable bonds is 2. The van der Waals surface area contributed by atoms with Gasteiger partial charge in [-0.15, -0.1) is 0 Å². The molecule has 0 heterocycles. The Hall–Kier alpha value is -2.84. The maximum absolute atomic E-state index is 8.35. The van der Waals surface area contributed by atoms with Gasteiger partial charge in [0.15, 0.2) is 0 Å². The number of carbonyl (C=O) groups excluding carboxylic acids is 2. The molecule has 0 radical (unpaired) electrons. The van der Waals surface area contributed by atoms with E-state index in [2.05, 4.69) is 60.7 Å². The smallest absolute Gasteiger partial charge is 0.231 e. The number of isocyanates is 2. The van der Waals surface area contributed by atoms with Crippen LogP contribution in [0.2, 0.25) is 0 Å². The van der Waals surface area contributed by atoms with E-state index in [9.17, 15) is 0 Å². The molecule has 0 spiro atoms. The fourth-order valence-electron chi connectivity index (χ4n) is 1.43. The maximum Gasteiger partial charge on any atom is 0.231 e. The summed E-state index contributed by atoms with van der Waals surface area (Å²) in [6.45, 7) is 0. The molecule has 0 unspecified atom stereocenters. The Kier molecular flexibility index (Phi) is 13.9. The second-order valence-electron chi connectivity index (χ2n) is 3.35. The van der Waals surface area contributed by atoms with Gasteiger partial charge in [0.1, 0.15) is 0 Å². The van der Waals surface area contributed by atoms with Crippen LogP contribution in [0.1, 0.15) is 11.1 Å². The van der Waals surface area contributed by atoms with Gasteiger partial charge in [-0.3, -0.25) is 0 Å². The summed E-state index contributed by atoms with van der Waals surface area (Å²) in [5.74, 6) is 0. The topological polar surface area (TPSA) is 113 Å². The molecule has 0 aliphatic rings. The van der Waals surface area contributed by atoms with E-state index in [4.69, 9.17) is 20.4 Å². The summed E-state index contributed by atoms with van der Waals surface area (Å²) >= 11 is 0. The van der Waals surface area contributed by atoms with E-state index >= 15 is 0 Å². The molecule has 2 aromatic rings. The molecule has 0 aliphatic carbocycles. The van der Waals surface area contributed by atoms with Gasteiger partial charge in [-0.05, 0) is 17.5 Å². The molecule has 2 rings (SSSR count). The summed E-state index contributed by atoms with van der Waals surface area (Å²) < 4.78 is 0. The van der Waals surface area contributed by atoms with Crippen LogP contribution >= 0.6 is 0 Å². The largest absolute Gasteiger partial charge is 0.412 e. The summed E-state index contributed by atoms with van der Waals surface area (Å²) in [4.78, 5) is 16.7. The fraction of sp³-hybridized carbons (Fsp3) is 0.0667. The van der Waals surface area contributed by atoms with Crippen molar-refractivity contribution < 1.29 is 15.1 Å². The van der Waals surface area contributed by atoms with E-state index < -0.39 is 0 Å². The Balaban J connectivity index is 0. The quantitative estimate of drug-likeness (QED) is 0.645. The normalized spacial score (nSPS) is 7.20. The molecule has 0 aromatic heterocycles. The second-order valence-corrected chi connectivity index (χ2v) is 3.35. The molecule has 5 heteroatoms.